The zero-order chi connectivity index (χ0) is 13.2. The van der Waals surface area contributed by atoms with Gasteiger partial charge in [-0.1, -0.05) is 6.07 Å². The zero-order valence-electron chi connectivity index (χ0n) is 10.7. The molecule has 0 aliphatic carbocycles. The van der Waals surface area contributed by atoms with Crippen LogP contribution in [0.4, 0.5) is 5.69 Å². The van der Waals surface area contributed by atoms with Gasteiger partial charge in [0.1, 0.15) is 0 Å². The molecule has 2 N–H and O–H groups in total. The van der Waals surface area contributed by atoms with Gasteiger partial charge in [-0.2, -0.15) is 0 Å². The summed E-state index contributed by atoms with van der Waals surface area (Å²) in [6.07, 6.45) is 0. The van der Waals surface area contributed by atoms with Crippen LogP contribution in [-0.4, -0.2) is 35.4 Å². The molecule has 0 radical (unpaired) electrons. The highest BCUT2D eigenvalue weighted by molar-refractivity contribution is 5.94. The van der Waals surface area contributed by atoms with E-state index in [9.17, 15) is 9.90 Å². The number of nitrogens with zero attached hydrogens (tertiary/aromatic N) is 1. The highest BCUT2D eigenvalue weighted by Crippen LogP contribution is 2.27. The molecule has 0 heterocycles. The van der Waals surface area contributed by atoms with Gasteiger partial charge in [0, 0.05) is 7.05 Å². The summed E-state index contributed by atoms with van der Waals surface area (Å²) in [7, 11) is 1.79. The number of anilines is 1. The number of rotatable bonds is 4. The molecule has 0 spiro atoms. The minimum Gasteiger partial charge on any atom is -0.478 e. The van der Waals surface area contributed by atoms with Crippen molar-refractivity contribution >= 4 is 11.7 Å². The minimum atomic E-state index is -0.958. The lowest BCUT2D eigenvalue weighted by Gasteiger charge is -2.36. The van der Waals surface area contributed by atoms with Gasteiger partial charge in [0.05, 0.1) is 23.4 Å². The molecule has 0 amide bonds. The second-order valence-corrected chi connectivity index (χ2v) is 4.86. The van der Waals surface area contributed by atoms with E-state index >= 15 is 0 Å². The van der Waals surface area contributed by atoms with Crippen LogP contribution in [0.2, 0.25) is 0 Å². The summed E-state index contributed by atoms with van der Waals surface area (Å²) >= 11 is 0. The first-order valence-corrected chi connectivity index (χ1v) is 5.48. The van der Waals surface area contributed by atoms with Gasteiger partial charge < -0.3 is 15.1 Å². The van der Waals surface area contributed by atoms with Crippen LogP contribution in [0.1, 0.15) is 29.8 Å². The van der Waals surface area contributed by atoms with Crippen molar-refractivity contribution < 1.29 is 15.0 Å². The summed E-state index contributed by atoms with van der Waals surface area (Å²) in [5.74, 6) is -0.958. The fourth-order valence-electron chi connectivity index (χ4n) is 1.53. The smallest absolute Gasteiger partial charge is 0.337 e. The maximum absolute atomic E-state index is 11.2. The number of aliphatic hydroxyl groups excluding tert-OH is 1. The van der Waals surface area contributed by atoms with E-state index in [1.165, 1.54) is 0 Å². The van der Waals surface area contributed by atoms with E-state index in [2.05, 4.69) is 0 Å². The normalized spacial score (nSPS) is 11.4. The topological polar surface area (TPSA) is 60.8 Å². The number of benzene rings is 1. The molecule has 0 saturated heterocycles. The molecule has 0 aliphatic rings. The highest BCUT2D eigenvalue weighted by atomic mass is 16.4. The van der Waals surface area contributed by atoms with Gasteiger partial charge in [0.25, 0.3) is 0 Å². The number of hydrogen-bond donors (Lipinski definition) is 2. The molecular weight excluding hydrogens is 218 g/mol. The van der Waals surface area contributed by atoms with Crippen molar-refractivity contribution in [3.63, 3.8) is 0 Å². The lowest BCUT2D eigenvalue weighted by molar-refractivity contribution is 0.0697. The molecule has 1 aromatic carbocycles. The van der Waals surface area contributed by atoms with Crippen LogP contribution in [0.15, 0.2) is 18.2 Å². The monoisotopic (exact) mass is 237 g/mol. The number of aryl methyl sites for hydroxylation is 1. The number of carboxylic acid groups (broad SMARTS) is 1. The van der Waals surface area contributed by atoms with Gasteiger partial charge >= 0.3 is 5.97 Å². The Morgan fingerprint density at radius 1 is 1.41 bits per heavy atom. The quantitative estimate of drug-likeness (QED) is 0.839. The van der Waals surface area contributed by atoms with Crippen molar-refractivity contribution in [2.24, 2.45) is 0 Å². The molecule has 17 heavy (non-hydrogen) atoms. The number of hydrogen-bond acceptors (Lipinski definition) is 3. The maximum Gasteiger partial charge on any atom is 0.337 e. The molecule has 94 valence electrons. The van der Waals surface area contributed by atoms with Crippen LogP contribution in [0.3, 0.4) is 0 Å². The predicted octanol–water partition coefficient (Wildman–Crippen LogP) is 1.90. The van der Waals surface area contributed by atoms with Gasteiger partial charge in [0.15, 0.2) is 0 Å². The summed E-state index contributed by atoms with van der Waals surface area (Å²) < 4.78 is 0. The molecule has 0 bridgehead atoms. The number of carboxylic acids is 1. The molecule has 1 aromatic rings. The van der Waals surface area contributed by atoms with Crippen molar-refractivity contribution in [3.05, 3.63) is 29.3 Å². The predicted molar refractivity (Wildman–Crippen MR) is 67.7 cm³/mol. The Balaban J connectivity index is 3.29. The van der Waals surface area contributed by atoms with Crippen molar-refractivity contribution in [3.8, 4) is 0 Å². The number of aliphatic hydroxyl groups is 1. The standard InChI is InChI=1S/C13H19NO3/c1-9-5-6-10(12(16)17)11(7-9)14(4)13(2,3)8-15/h5-7,15H,8H2,1-4H3,(H,16,17). The number of aromatic carboxylic acids is 1. The van der Waals surface area contributed by atoms with Crippen LogP contribution in [0, 0.1) is 6.92 Å². The molecule has 0 aliphatic heterocycles. The summed E-state index contributed by atoms with van der Waals surface area (Å²) in [5.41, 5.74) is 1.36. The lowest BCUT2D eigenvalue weighted by Crippen LogP contribution is -2.45. The first-order chi connectivity index (χ1) is 7.79. The van der Waals surface area contributed by atoms with Crippen molar-refractivity contribution in [1.82, 2.24) is 0 Å². The van der Waals surface area contributed by atoms with Crippen molar-refractivity contribution in [2.75, 3.05) is 18.6 Å². The Morgan fingerprint density at radius 2 is 2.00 bits per heavy atom. The van der Waals surface area contributed by atoms with Crippen LogP contribution in [-0.2, 0) is 0 Å². The SMILES string of the molecule is Cc1ccc(C(=O)O)c(N(C)C(C)(C)CO)c1. The molecule has 1 rings (SSSR count). The van der Waals surface area contributed by atoms with E-state index in [1.807, 2.05) is 26.8 Å². The van der Waals surface area contributed by atoms with Crippen LogP contribution >= 0.6 is 0 Å². The van der Waals surface area contributed by atoms with Crippen molar-refractivity contribution in [2.45, 2.75) is 26.3 Å². The van der Waals surface area contributed by atoms with Gasteiger partial charge in [-0.25, -0.2) is 4.79 Å². The zero-order valence-corrected chi connectivity index (χ0v) is 10.7. The first kappa shape index (κ1) is 13.5. The Bertz CT molecular complexity index is 427. The Kier molecular flexibility index (Phi) is 3.78. The third-order valence-electron chi connectivity index (χ3n) is 3.04. The molecule has 4 nitrogen and oxygen atoms in total. The summed E-state index contributed by atoms with van der Waals surface area (Å²) in [4.78, 5) is 13.0. The first-order valence-electron chi connectivity index (χ1n) is 5.48. The molecule has 0 saturated carbocycles. The Labute approximate surface area is 101 Å². The fraction of sp³-hybridized carbons (Fsp3) is 0.462. The maximum atomic E-state index is 11.2. The molecule has 0 aromatic heterocycles. The van der Waals surface area contributed by atoms with Gasteiger partial charge in [-0.15, -0.1) is 0 Å². The Morgan fingerprint density at radius 3 is 2.47 bits per heavy atom. The molecule has 4 heteroatoms. The second-order valence-electron chi connectivity index (χ2n) is 4.86. The van der Waals surface area contributed by atoms with Crippen molar-refractivity contribution in [1.29, 1.82) is 0 Å². The van der Waals surface area contributed by atoms with E-state index in [0.717, 1.165) is 5.56 Å². The summed E-state index contributed by atoms with van der Waals surface area (Å²) in [6.45, 7) is 5.59. The van der Waals surface area contributed by atoms with Gasteiger partial charge in [-0.3, -0.25) is 0 Å². The minimum absolute atomic E-state index is 0.0451. The molecular formula is C13H19NO3. The van der Waals surface area contributed by atoms with E-state index in [4.69, 9.17) is 5.11 Å². The summed E-state index contributed by atoms with van der Waals surface area (Å²) in [6, 6.07) is 5.19. The molecule has 0 atom stereocenters. The lowest BCUT2D eigenvalue weighted by atomic mass is 10.0. The second kappa shape index (κ2) is 4.75. The van der Waals surface area contributed by atoms with Crippen LogP contribution in [0.5, 0.6) is 0 Å². The van der Waals surface area contributed by atoms with Crippen LogP contribution in [0.25, 0.3) is 0 Å². The van der Waals surface area contributed by atoms with Gasteiger partial charge in [-0.05, 0) is 38.5 Å². The fourth-order valence-corrected chi connectivity index (χ4v) is 1.53. The van der Waals surface area contributed by atoms with E-state index in [0.29, 0.717) is 5.69 Å². The Hall–Kier alpha value is -1.55. The summed E-state index contributed by atoms with van der Waals surface area (Å²) in [5, 5.41) is 18.5. The van der Waals surface area contributed by atoms with E-state index < -0.39 is 11.5 Å². The van der Waals surface area contributed by atoms with E-state index in [1.54, 1.807) is 24.1 Å². The van der Waals surface area contributed by atoms with Crippen LogP contribution < -0.4 is 4.90 Å². The largest absolute Gasteiger partial charge is 0.478 e. The molecule has 0 fully saturated rings. The number of carbonyl (C=O) groups is 1. The number of likely N-dealkylation sites (N-methyl/N-ethyl adjacent to an activating group) is 1. The molecule has 0 unspecified atom stereocenters. The highest BCUT2D eigenvalue weighted by Gasteiger charge is 2.26. The van der Waals surface area contributed by atoms with E-state index in [-0.39, 0.29) is 12.2 Å². The average molecular weight is 237 g/mol. The van der Waals surface area contributed by atoms with Gasteiger partial charge in [0.2, 0.25) is 0 Å². The average Bonchev–Trinajstić information content (AvgIpc) is 2.27. The third-order valence-corrected chi connectivity index (χ3v) is 3.04. The third kappa shape index (κ3) is 2.77.